The molecule has 30 heavy (non-hydrogen) atoms. The van der Waals surface area contributed by atoms with Crippen LogP contribution in [0.25, 0.3) is 0 Å². The summed E-state index contributed by atoms with van der Waals surface area (Å²) in [6, 6.07) is 13.1. The van der Waals surface area contributed by atoms with E-state index in [4.69, 9.17) is 26.8 Å². The number of anilines is 1. The number of hydrogen-bond donors (Lipinski definition) is 2. The maximum absolute atomic E-state index is 12.1. The Labute approximate surface area is 182 Å². The van der Waals surface area contributed by atoms with Gasteiger partial charge in [-0.3, -0.25) is 0 Å². The van der Waals surface area contributed by atoms with Crippen LogP contribution in [-0.4, -0.2) is 36.7 Å². The average molecular weight is 433 g/mol. The standard InChI is InChI=1S/C22H29ClN4O3/c1-22(2,3)30-21(28)27(4)14-16-8-6-15(7-9-16)13-25-20(24)26-17-10-11-19(29-5)18(23)12-17/h6-12H,13-14H2,1-5H3,(H3,24,25,26). The van der Waals surface area contributed by atoms with Gasteiger partial charge in [-0.2, -0.15) is 0 Å². The predicted octanol–water partition coefficient (Wildman–Crippen LogP) is 4.64. The number of rotatable bonds is 6. The number of halogens is 1. The first-order valence-corrected chi connectivity index (χ1v) is 9.87. The van der Waals surface area contributed by atoms with Crippen molar-refractivity contribution in [1.29, 1.82) is 0 Å². The Hall–Kier alpha value is -2.93. The second kappa shape index (κ2) is 10.2. The molecule has 0 bridgehead atoms. The van der Waals surface area contributed by atoms with Crippen molar-refractivity contribution in [2.45, 2.75) is 39.5 Å². The van der Waals surface area contributed by atoms with E-state index < -0.39 is 5.60 Å². The highest BCUT2D eigenvalue weighted by Crippen LogP contribution is 2.27. The van der Waals surface area contributed by atoms with Gasteiger partial charge in [0.15, 0.2) is 5.96 Å². The molecule has 2 aromatic rings. The number of ether oxygens (including phenoxy) is 2. The molecule has 1 amide bonds. The molecular weight excluding hydrogens is 404 g/mol. The van der Waals surface area contributed by atoms with Gasteiger partial charge >= 0.3 is 6.09 Å². The smallest absolute Gasteiger partial charge is 0.410 e. The van der Waals surface area contributed by atoms with E-state index in [-0.39, 0.29) is 12.1 Å². The molecule has 0 aliphatic rings. The highest BCUT2D eigenvalue weighted by atomic mass is 35.5. The van der Waals surface area contributed by atoms with Crippen molar-refractivity contribution >= 4 is 29.3 Å². The summed E-state index contributed by atoms with van der Waals surface area (Å²) in [5, 5.41) is 3.49. The Kier molecular flexibility index (Phi) is 7.94. The van der Waals surface area contributed by atoms with Gasteiger partial charge in [0.25, 0.3) is 0 Å². The summed E-state index contributed by atoms with van der Waals surface area (Å²) in [4.78, 5) is 18.0. The number of nitrogens with two attached hydrogens (primary N) is 1. The van der Waals surface area contributed by atoms with E-state index in [0.717, 1.165) is 16.8 Å². The Morgan fingerprint density at radius 3 is 2.37 bits per heavy atom. The van der Waals surface area contributed by atoms with Crippen LogP contribution in [-0.2, 0) is 17.8 Å². The number of hydrogen-bond acceptors (Lipinski definition) is 4. The SMILES string of the molecule is COc1ccc(NC(N)=NCc2ccc(CN(C)C(=O)OC(C)(C)C)cc2)cc1Cl. The van der Waals surface area contributed by atoms with Crippen molar-refractivity contribution < 1.29 is 14.3 Å². The molecule has 2 rings (SSSR count). The molecule has 0 unspecified atom stereocenters. The van der Waals surface area contributed by atoms with Gasteiger partial charge in [-0.05, 0) is 50.1 Å². The molecule has 0 atom stereocenters. The highest BCUT2D eigenvalue weighted by molar-refractivity contribution is 6.32. The number of aliphatic imine (C=N–C) groups is 1. The molecule has 8 heteroatoms. The van der Waals surface area contributed by atoms with Crippen molar-refractivity contribution in [2.75, 3.05) is 19.5 Å². The van der Waals surface area contributed by atoms with E-state index in [9.17, 15) is 4.79 Å². The maximum Gasteiger partial charge on any atom is 0.410 e. The van der Waals surface area contributed by atoms with Gasteiger partial charge in [0.05, 0.1) is 18.7 Å². The first-order chi connectivity index (χ1) is 14.1. The van der Waals surface area contributed by atoms with E-state index in [1.165, 1.54) is 0 Å². The summed E-state index contributed by atoms with van der Waals surface area (Å²) in [6.45, 7) is 6.42. The minimum Gasteiger partial charge on any atom is -0.495 e. The summed E-state index contributed by atoms with van der Waals surface area (Å²) in [5.74, 6) is 0.875. The Balaban J connectivity index is 1.90. The lowest BCUT2D eigenvalue weighted by atomic mass is 10.1. The number of carbonyl (C=O) groups is 1. The summed E-state index contributed by atoms with van der Waals surface area (Å²) in [6.07, 6.45) is -0.353. The maximum atomic E-state index is 12.1. The summed E-state index contributed by atoms with van der Waals surface area (Å²) in [5.41, 5.74) is 8.16. The zero-order valence-corrected chi connectivity index (χ0v) is 18.8. The second-order valence-electron chi connectivity index (χ2n) is 7.83. The van der Waals surface area contributed by atoms with Crippen LogP contribution in [0.3, 0.4) is 0 Å². The van der Waals surface area contributed by atoms with Crippen LogP contribution in [0.5, 0.6) is 5.75 Å². The molecule has 7 nitrogen and oxygen atoms in total. The molecule has 0 saturated carbocycles. The van der Waals surface area contributed by atoms with Crippen LogP contribution in [0, 0.1) is 0 Å². The predicted molar refractivity (Wildman–Crippen MR) is 121 cm³/mol. The molecule has 0 radical (unpaired) electrons. The molecule has 0 saturated heterocycles. The molecule has 0 spiro atoms. The molecule has 0 aliphatic carbocycles. The largest absolute Gasteiger partial charge is 0.495 e. The van der Waals surface area contributed by atoms with Crippen molar-refractivity contribution in [1.82, 2.24) is 4.90 Å². The minimum absolute atomic E-state index is 0.282. The minimum atomic E-state index is -0.516. The molecule has 0 aromatic heterocycles. The zero-order valence-electron chi connectivity index (χ0n) is 18.0. The van der Waals surface area contributed by atoms with Crippen LogP contribution in [0.4, 0.5) is 10.5 Å². The quantitative estimate of drug-likeness (QED) is 0.512. The van der Waals surface area contributed by atoms with Crippen molar-refractivity contribution in [3.63, 3.8) is 0 Å². The van der Waals surface area contributed by atoms with Crippen molar-refractivity contribution in [3.8, 4) is 5.75 Å². The number of methoxy groups -OCH3 is 1. The molecule has 3 N–H and O–H groups in total. The van der Waals surface area contributed by atoms with Crippen molar-refractivity contribution in [2.24, 2.45) is 10.7 Å². The van der Waals surface area contributed by atoms with Gasteiger partial charge in [-0.1, -0.05) is 35.9 Å². The molecule has 0 aliphatic heterocycles. The number of nitrogens with zero attached hydrogens (tertiary/aromatic N) is 2. The van der Waals surface area contributed by atoms with E-state index in [1.807, 2.05) is 51.1 Å². The molecule has 0 fully saturated rings. The van der Waals surface area contributed by atoms with Gasteiger partial charge in [0.1, 0.15) is 11.4 Å². The van der Waals surface area contributed by atoms with Gasteiger partial charge in [0.2, 0.25) is 0 Å². The lowest BCUT2D eigenvalue weighted by Gasteiger charge is -2.24. The third kappa shape index (κ3) is 7.48. The van der Waals surface area contributed by atoms with E-state index in [2.05, 4.69) is 10.3 Å². The average Bonchev–Trinajstić information content (AvgIpc) is 2.66. The molecule has 162 valence electrons. The number of guanidine groups is 1. The topological polar surface area (TPSA) is 89.2 Å². The lowest BCUT2D eigenvalue weighted by molar-refractivity contribution is 0.0285. The number of benzene rings is 2. The van der Waals surface area contributed by atoms with E-state index in [1.54, 1.807) is 31.2 Å². The lowest BCUT2D eigenvalue weighted by Crippen LogP contribution is -2.33. The van der Waals surface area contributed by atoms with Gasteiger partial charge < -0.3 is 25.4 Å². The van der Waals surface area contributed by atoms with Crippen LogP contribution < -0.4 is 15.8 Å². The van der Waals surface area contributed by atoms with Crippen molar-refractivity contribution in [3.05, 3.63) is 58.6 Å². The fourth-order valence-corrected chi connectivity index (χ4v) is 2.79. The summed E-state index contributed by atoms with van der Waals surface area (Å²) >= 11 is 6.11. The fraction of sp³-hybridized carbons (Fsp3) is 0.364. The fourth-order valence-electron chi connectivity index (χ4n) is 2.54. The number of nitrogens with one attached hydrogen (secondary N) is 1. The summed E-state index contributed by atoms with van der Waals surface area (Å²) < 4.78 is 10.5. The first kappa shape index (κ1) is 23.3. The molecule has 0 heterocycles. The third-order valence-corrected chi connectivity index (χ3v) is 4.30. The Morgan fingerprint density at radius 1 is 1.17 bits per heavy atom. The van der Waals surface area contributed by atoms with Crippen LogP contribution in [0.1, 0.15) is 31.9 Å². The zero-order chi connectivity index (χ0) is 22.3. The normalized spacial score (nSPS) is 11.7. The highest BCUT2D eigenvalue weighted by Gasteiger charge is 2.19. The second-order valence-corrected chi connectivity index (χ2v) is 8.24. The van der Waals surface area contributed by atoms with Gasteiger partial charge in [0, 0.05) is 19.3 Å². The third-order valence-electron chi connectivity index (χ3n) is 4.00. The first-order valence-electron chi connectivity index (χ1n) is 9.50. The number of carbonyl (C=O) groups excluding carboxylic acids is 1. The van der Waals surface area contributed by atoms with Crippen LogP contribution in [0.15, 0.2) is 47.5 Å². The van der Waals surface area contributed by atoms with Gasteiger partial charge in [-0.15, -0.1) is 0 Å². The molecular formula is C22H29ClN4O3. The van der Waals surface area contributed by atoms with E-state index in [0.29, 0.717) is 23.9 Å². The van der Waals surface area contributed by atoms with Gasteiger partial charge in [-0.25, -0.2) is 9.79 Å². The number of amides is 1. The van der Waals surface area contributed by atoms with Crippen LogP contribution in [0.2, 0.25) is 5.02 Å². The Morgan fingerprint density at radius 2 is 1.80 bits per heavy atom. The van der Waals surface area contributed by atoms with Crippen LogP contribution >= 0.6 is 11.6 Å². The Bertz CT molecular complexity index is 892. The van der Waals surface area contributed by atoms with E-state index >= 15 is 0 Å². The molecule has 2 aromatic carbocycles. The monoisotopic (exact) mass is 432 g/mol. The summed E-state index contributed by atoms with van der Waals surface area (Å²) in [7, 11) is 3.27.